The Morgan fingerprint density at radius 2 is 1.81 bits per heavy atom. The normalized spacial score (nSPS) is 11.6. The second kappa shape index (κ2) is 8.32. The summed E-state index contributed by atoms with van der Waals surface area (Å²) in [6.45, 7) is 0.263. The minimum atomic E-state index is -4.80. The molecule has 0 spiro atoms. The number of ether oxygens (including phenoxy) is 2. The molecule has 0 aliphatic heterocycles. The van der Waals surface area contributed by atoms with Crippen LogP contribution in [0.1, 0.15) is 0 Å². The number of sulfonamides is 1. The van der Waals surface area contributed by atoms with Crippen LogP contribution in [0.5, 0.6) is 5.75 Å². The Labute approximate surface area is 145 Å². The molecule has 0 unspecified atom stereocenters. The first-order chi connectivity index (χ1) is 9.13. The number of anilines is 1. The van der Waals surface area contributed by atoms with Crippen molar-refractivity contribution < 1.29 is 60.4 Å². The summed E-state index contributed by atoms with van der Waals surface area (Å²) in [6.07, 6.45) is 0.904. The molecule has 1 aromatic rings. The van der Waals surface area contributed by atoms with Crippen LogP contribution in [0.2, 0.25) is 0 Å². The molecule has 0 heterocycles. The SMILES string of the molecule is COCCOc1ccc(NS(C)(=O)=O)cc1S(=O)(=O)[O-].[Na+]. The predicted octanol–water partition coefficient (Wildman–Crippen LogP) is -3.01. The number of hydrogen-bond donors (Lipinski definition) is 1. The van der Waals surface area contributed by atoms with Crippen LogP contribution < -0.4 is 39.0 Å². The summed E-state index contributed by atoms with van der Waals surface area (Å²) in [5, 5.41) is 0. The van der Waals surface area contributed by atoms with Crippen LogP contribution in [-0.2, 0) is 24.9 Å². The molecule has 0 saturated carbocycles. The fraction of sp³-hybridized carbons (Fsp3) is 0.400. The van der Waals surface area contributed by atoms with Crippen molar-refractivity contribution in [3.8, 4) is 5.75 Å². The van der Waals surface area contributed by atoms with E-state index < -0.39 is 25.0 Å². The Morgan fingerprint density at radius 1 is 1.19 bits per heavy atom. The molecule has 1 rings (SSSR count). The van der Waals surface area contributed by atoms with Gasteiger partial charge >= 0.3 is 29.6 Å². The van der Waals surface area contributed by atoms with E-state index in [2.05, 4.69) is 4.72 Å². The van der Waals surface area contributed by atoms with Gasteiger partial charge in [0.05, 0.1) is 17.8 Å². The molecule has 21 heavy (non-hydrogen) atoms. The average Bonchev–Trinajstić information content (AvgIpc) is 2.27. The summed E-state index contributed by atoms with van der Waals surface area (Å²) < 4.78 is 67.5. The first-order valence-electron chi connectivity index (χ1n) is 5.33. The molecule has 11 heteroatoms. The molecule has 0 atom stereocenters. The molecule has 0 amide bonds. The van der Waals surface area contributed by atoms with Gasteiger partial charge in [-0.15, -0.1) is 0 Å². The van der Waals surface area contributed by atoms with Gasteiger partial charge < -0.3 is 14.0 Å². The minimum Gasteiger partial charge on any atom is -0.744 e. The summed E-state index contributed by atoms with van der Waals surface area (Å²) in [6, 6.07) is 3.40. The second-order valence-electron chi connectivity index (χ2n) is 3.83. The van der Waals surface area contributed by atoms with E-state index in [1.807, 2.05) is 0 Å². The Morgan fingerprint density at radius 3 is 2.29 bits per heavy atom. The van der Waals surface area contributed by atoms with Crippen LogP contribution in [0, 0.1) is 0 Å². The van der Waals surface area contributed by atoms with Gasteiger partial charge in [-0.2, -0.15) is 0 Å². The molecule has 1 N–H and O–H groups in total. The zero-order valence-corrected chi connectivity index (χ0v) is 15.5. The van der Waals surface area contributed by atoms with E-state index in [1.165, 1.54) is 19.2 Å². The molecule has 1 aromatic carbocycles. The maximum Gasteiger partial charge on any atom is 1.00 e. The topological polar surface area (TPSA) is 122 Å². The van der Waals surface area contributed by atoms with Crippen LogP contribution in [0.3, 0.4) is 0 Å². The van der Waals surface area contributed by atoms with Crippen LogP contribution >= 0.6 is 0 Å². The zero-order chi connectivity index (χ0) is 15.4. The van der Waals surface area contributed by atoms with Crippen LogP contribution in [0.4, 0.5) is 5.69 Å². The molecule has 0 aromatic heterocycles. The van der Waals surface area contributed by atoms with Crippen molar-refractivity contribution in [2.45, 2.75) is 4.90 Å². The molecular weight excluding hydrogens is 333 g/mol. The number of benzene rings is 1. The molecule has 0 fully saturated rings. The largest absolute Gasteiger partial charge is 1.00 e. The summed E-state index contributed by atoms with van der Waals surface area (Å²) in [4.78, 5) is -0.637. The maximum atomic E-state index is 11.2. The Balaban J connectivity index is 0.00000400. The predicted molar refractivity (Wildman–Crippen MR) is 70.2 cm³/mol. The van der Waals surface area contributed by atoms with Crippen LogP contribution in [0.25, 0.3) is 0 Å². The summed E-state index contributed by atoms with van der Waals surface area (Å²) >= 11 is 0. The third kappa shape index (κ3) is 7.45. The summed E-state index contributed by atoms with van der Waals surface area (Å²) in [5.74, 6) is -0.156. The van der Waals surface area contributed by atoms with E-state index in [0.717, 1.165) is 12.3 Å². The fourth-order valence-corrected chi connectivity index (χ4v) is 2.53. The molecule has 0 radical (unpaired) electrons. The summed E-state index contributed by atoms with van der Waals surface area (Å²) in [5.41, 5.74) is -0.0407. The van der Waals surface area contributed by atoms with E-state index in [-0.39, 0.29) is 54.2 Å². The standard InChI is InChI=1S/C10H15NO7S2.Na/c1-17-5-6-18-9-4-3-8(11-19(2,12)13)7-10(9)20(14,15)16;/h3-4,7,11H,5-6H2,1-2H3,(H,14,15,16);/q;+1/p-1. The monoisotopic (exact) mass is 347 g/mol. The number of nitrogens with one attached hydrogen (secondary N) is 1. The molecule has 8 nitrogen and oxygen atoms in total. The average molecular weight is 347 g/mol. The van der Waals surface area contributed by atoms with Gasteiger partial charge in [0.25, 0.3) is 0 Å². The van der Waals surface area contributed by atoms with E-state index >= 15 is 0 Å². The third-order valence-electron chi connectivity index (χ3n) is 2.06. The van der Waals surface area contributed by atoms with Gasteiger partial charge in [-0.25, -0.2) is 16.8 Å². The van der Waals surface area contributed by atoms with E-state index in [9.17, 15) is 21.4 Å². The fourth-order valence-electron chi connectivity index (χ4n) is 1.34. The first-order valence-corrected chi connectivity index (χ1v) is 8.63. The number of methoxy groups -OCH3 is 1. The molecule has 0 aliphatic carbocycles. The first kappa shape index (κ1) is 20.6. The molecule has 114 valence electrons. The Bertz CT molecular complexity index is 673. The number of rotatable bonds is 7. The zero-order valence-electron chi connectivity index (χ0n) is 11.8. The van der Waals surface area contributed by atoms with Gasteiger partial charge in [0.15, 0.2) is 0 Å². The quantitative estimate of drug-likeness (QED) is 0.317. The van der Waals surface area contributed by atoms with Crippen molar-refractivity contribution in [2.24, 2.45) is 0 Å². The Hall–Kier alpha value is -0.360. The van der Waals surface area contributed by atoms with Crippen LogP contribution in [0.15, 0.2) is 23.1 Å². The van der Waals surface area contributed by atoms with Crippen LogP contribution in [-0.4, -0.2) is 48.0 Å². The van der Waals surface area contributed by atoms with E-state index in [4.69, 9.17) is 9.47 Å². The number of hydrogen-bond acceptors (Lipinski definition) is 7. The molecular formula is C10H14NNaO7S2. The van der Waals surface area contributed by atoms with Crippen molar-refractivity contribution in [1.82, 2.24) is 0 Å². The van der Waals surface area contributed by atoms with Crippen molar-refractivity contribution in [1.29, 1.82) is 0 Å². The van der Waals surface area contributed by atoms with Crippen molar-refractivity contribution in [3.63, 3.8) is 0 Å². The Kier molecular flexibility index (Phi) is 8.18. The van der Waals surface area contributed by atoms with E-state index in [0.29, 0.717) is 0 Å². The van der Waals surface area contributed by atoms with Crippen molar-refractivity contribution in [2.75, 3.05) is 31.3 Å². The molecule has 0 saturated heterocycles. The molecule has 0 aliphatic rings. The molecule has 0 bridgehead atoms. The summed E-state index contributed by atoms with van der Waals surface area (Å²) in [7, 11) is -6.94. The van der Waals surface area contributed by atoms with Gasteiger partial charge in [-0.3, -0.25) is 4.72 Å². The maximum absolute atomic E-state index is 11.2. The van der Waals surface area contributed by atoms with Crippen molar-refractivity contribution >= 4 is 25.8 Å². The minimum absolute atomic E-state index is 0. The van der Waals surface area contributed by atoms with Gasteiger partial charge in [-0.05, 0) is 18.2 Å². The van der Waals surface area contributed by atoms with E-state index in [1.54, 1.807) is 0 Å². The van der Waals surface area contributed by atoms with Crippen molar-refractivity contribution in [3.05, 3.63) is 18.2 Å². The smallest absolute Gasteiger partial charge is 0.744 e. The second-order valence-corrected chi connectivity index (χ2v) is 6.93. The van der Waals surface area contributed by atoms with Gasteiger partial charge in [0.1, 0.15) is 22.5 Å². The van der Waals surface area contributed by atoms with Gasteiger partial charge in [-0.1, -0.05) is 0 Å². The van der Waals surface area contributed by atoms with Gasteiger partial charge in [0.2, 0.25) is 10.0 Å². The third-order valence-corrected chi connectivity index (χ3v) is 3.53. The van der Waals surface area contributed by atoms with Gasteiger partial charge in [0, 0.05) is 12.8 Å².